The largest absolute Gasteiger partial charge is 0.368 e. The molecule has 0 atom stereocenters. The van der Waals surface area contributed by atoms with E-state index in [9.17, 15) is 8.78 Å². The smallest absolute Gasteiger partial charge is 0.233 e. The zero-order chi connectivity index (χ0) is 14.9. The van der Waals surface area contributed by atoms with E-state index in [0.29, 0.717) is 5.95 Å². The normalized spacial score (nSPS) is 10.4. The molecule has 0 aliphatic carbocycles. The van der Waals surface area contributed by atoms with Crippen molar-refractivity contribution < 1.29 is 8.78 Å². The Morgan fingerprint density at radius 1 is 1.15 bits per heavy atom. The zero-order valence-electron chi connectivity index (χ0n) is 10.7. The lowest BCUT2D eigenvalue weighted by molar-refractivity contribution is 0.581. The highest BCUT2D eigenvalue weighted by atomic mass is 79.9. The molecule has 6 nitrogen and oxygen atoms in total. The summed E-state index contributed by atoms with van der Waals surface area (Å²) < 4.78 is 26.9. The van der Waals surface area contributed by atoms with Crippen molar-refractivity contribution in [3.63, 3.8) is 0 Å². The lowest BCUT2D eigenvalue weighted by Crippen LogP contribution is -2.15. The van der Waals surface area contributed by atoms with Gasteiger partial charge in [0.25, 0.3) is 0 Å². The van der Waals surface area contributed by atoms with Crippen LogP contribution in [0.5, 0.6) is 0 Å². The summed E-state index contributed by atoms with van der Waals surface area (Å²) in [5.74, 6) is -1.08. The number of rotatable bonds is 3. The molecule has 0 saturated heterocycles. The zero-order valence-corrected chi connectivity index (χ0v) is 12.2. The molecule has 0 aliphatic heterocycles. The van der Waals surface area contributed by atoms with E-state index in [0.717, 1.165) is 6.07 Å². The summed E-state index contributed by atoms with van der Waals surface area (Å²) in [4.78, 5) is 13.4. The number of nitrogens with zero attached hydrogens (tertiary/aromatic N) is 4. The summed E-state index contributed by atoms with van der Waals surface area (Å²) in [5, 5.41) is 2.64. The monoisotopic (exact) mass is 344 g/mol. The number of hydrogen-bond acceptors (Lipinski definition) is 6. The van der Waals surface area contributed by atoms with Gasteiger partial charge >= 0.3 is 0 Å². The quantitative estimate of drug-likeness (QED) is 0.831. The number of nitrogens with two attached hydrogens (primary N) is 1. The van der Waals surface area contributed by atoms with Gasteiger partial charge in [0.15, 0.2) is 0 Å². The minimum Gasteiger partial charge on any atom is -0.368 e. The highest BCUT2D eigenvalue weighted by molar-refractivity contribution is 9.10. The van der Waals surface area contributed by atoms with Crippen molar-refractivity contribution in [2.24, 2.45) is 0 Å². The third-order valence-corrected chi connectivity index (χ3v) is 2.91. The Balaban J connectivity index is 2.37. The number of halogens is 3. The molecule has 0 aliphatic rings. The first kappa shape index (κ1) is 14.4. The minimum atomic E-state index is -0.768. The molecule has 1 aromatic heterocycles. The number of hydrogen-bond donors (Lipinski definition) is 2. The fourth-order valence-corrected chi connectivity index (χ4v) is 1.72. The van der Waals surface area contributed by atoms with Crippen LogP contribution in [0.1, 0.15) is 0 Å². The third kappa shape index (κ3) is 3.10. The summed E-state index contributed by atoms with van der Waals surface area (Å²) in [6, 6.07) is 2.00. The highest BCUT2D eigenvalue weighted by Gasteiger charge is 2.11. The second kappa shape index (κ2) is 5.53. The Bertz CT molecular complexity index is 649. The van der Waals surface area contributed by atoms with Gasteiger partial charge in [-0.15, -0.1) is 0 Å². The Hall–Kier alpha value is -2.03. The fourth-order valence-electron chi connectivity index (χ4n) is 1.38. The van der Waals surface area contributed by atoms with Crippen molar-refractivity contribution in [2.75, 3.05) is 30.0 Å². The molecule has 106 valence electrons. The molecule has 0 radical (unpaired) electrons. The summed E-state index contributed by atoms with van der Waals surface area (Å²) in [5.41, 5.74) is 5.57. The van der Waals surface area contributed by atoms with Gasteiger partial charge in [-0.3, -0.25) is 0 Å². The Labute approximate surface area is 122 Å². The molecule has 1 heterocycles. The molecular weight excluding hydrogens is 334 g/mol. The topological polar surface area (TPSA) is 80.0 Å². The molecule has 2 rings (SSSR count). The van der Waals surface area contributed by atoms with Gasteiger partial charge in [0.1, 0.15) is 11.6 Å². The maximum Gasteiger partial charge on any atom is 0.233 e. The first-order valence-electron chi connectivity index (χ1n) is 5.47. The molecule has 0 fully saturated rings. The Kier molecular flexibility index (Phi) is 3.98. The molecule has 1 aromatic carbocycles. The van der Waals surface area contributed by atoms with E-state index in [2.05, 4.69) is 36.2 Å². The standard InChI is InChI=1S/C11H11BrF2N6/c1-20(2)11-18-9(15)17-10(19-11)16-8-3-5(12)6(13)4-7(8)14/h3-4H,1-2H3,(H3,15,16,17,18,19). The molecule has 3 N–H and O–H groups in total. The van der Waals surface area contributed by atoms with Gasteiger partial charge in [-0.1, -0.05) is 0 Å². The van der Waals surface area contributed by atoms with Crippen LogP contribution < -0.4 is 16.0 Å². The van der Waals surface area contributed by atoms with Gasteiger partial charge in [-0.25, -0.2) is 8.78 Å². The van der Waals surface area contributed by atoms with E-state index in [4.69, 9.17) is 5.73 Å². The number of nitrogens with one attached hydrogen (secondary N) is 1. The molecule has 0 saturated carbocycles. The van der Waals surface area contributed by atoms with Gasteiger partial charge in [0.05, 0.1) is 10.2 Å². The van der Waals surface area contributed by atoms with Gasteiger partial charge in [-0.2, -0.15) is 15.0 Å². The molecular formula is C11H11BrF2N6. The Morgan fingerprint density at radius 3 is 2.50 bits per heavy atom. The van der Waals surface area contributed by atoms with Crippen LogP contribution in [-0.2, 0) is 0 Å². The maximum absolute atomic E-state index is 13.6. The van der Waals surface area contributed by atoms with Gasteiger partial charge < -0.3 is 16.0 Å². The predicted molar refractivity (Wildman–Crippen MR) is 75.9 cm³/mol. The fraction of sp³-hybridized carbons (Fsp3) is 0.182. The summed E-state index contributed by atoms with van der Waals surface area (Å²) >= 11 is 2.98. The average Bonchev–Trinajstić information content (AvgIpc) is 2.35. The van der Waals surface area contributed by atoms with Crippen molar-refractivity contribution in [3.05, 3.63) is 28.2 Å². The molecule has 0 amide bonds. The second-order valence-electron chi connectivity index (χ2n) is 4.08. The van der Waals surface area contributed by atoms with Gasteiger partial charge in [0, 0.05) is 20.2 Å². The van der Waals surface area contributed by atoms with Crippen molar-refractivity contribution in [1.82, 2.24) is 15.0 Å². The first-order valence-corrected chi connectivity index (χ1v) is 6.26. The van der Waals surface area contributed by atoms with Crippen molar-refractivity contribution in [2.45, 2.75) is 0 Å². The van der Waals surface area contributed by atoms with Crippen molar-refractivity contribution >= 4 is 39.5 Å². The second-order valence-corrected chi connectivity index (χ2v) is 4.94. The van der Waals surface area contributed by atoms with Crippen LogP contribution in [0.25, 0.3) is 0 Å². The third-order valence-electron chi connectivity index (χ3n) is 2.30. The van der Waals surface area contributed by atoms with E-state index < -0.39 is 11.6 Å². The van der Waals surface area contributed by atoms with E-state index in [-0.39, 0.29) is 22.1 Å². The lowest BCUT2D eigenvalue weighted by atomic mass is 10.3. The van der Waals surface area contributed by atoms with Gasteiger partial charge in [0.2, 0.25) is 17.8 Å². The van der Waals surface area contributed by atoms with Crippen LogP contribution in [0.2, 0.25) is 0 Å². The molecule has 20 heavy (non-hydrogen) atoms. The van der Waals surface area contributed by atoms with Crippen LogP contribution >= 0.6 is 15.9 Å². The number of aromatic nitrogens is 3. The molecule has 0 unspecified atom stereocenters. The first-order chi connectivity index (χ1) is 9.36. The van der Waals surface area contributed by atoms with Gasteiger partial charge in [-0.05, 0) is 22.0 Å². The van der Waals surface area contributed by atoms with E-state index in [1.54, 1.807) is 19.0 Å². The number of benzene rings is 1. The van der Waals surface area contributed by atoms with E-state index in [1.807, 2.05) is 0 Å². The van der Waals surface area contributed by atoms with Crippen LogP contribution in [0.3, 0.4) is 0 Å². The molecule has 9 heteroatoms. The average molecular weight is 345 g/mol. The number of nitrogen functional groups attached to an aromatic ring is 1. The van der Waals surface area contributed by atoms with Crippen molar-refractivity contribution in [1.29, 1.82) is 0 Å². The highest BCUT2D eigenvalue weighted by Crippen LogP contribution is 2.25. The van der Waals surface area contributed by atoms with Crippen LogP contribution in [0.4, 0.5) is 32.3 Å². The van der Waals surface area contributed by atoms with Crippen molar-refractivity contribution in [3.8, 4) is 0 Å². The maximum atomic E-state index is 13.6. The van der Waals surface area contributed by atoms with E-state index >= 15 is 0 Å². The molecule has 0 bridgehead atoms. The van der Waals surface area contributed by atoms with E-state index in [1.165, 1.54) is 6.07 Å². The number of anilines is 4. The van der Waals surface area contributed by atoms with Crippen LogP contribution in [0.15, 0.2) is 16.6 Å². The molecule has 2 aromatic rings. The SMILES string of the molecule is CN(C)c1nc(N)nc(Nc2cc(Br)c(F)cc2F)n1. The van der Waals surface area contributed by atoms with Crippen LogP contribution in [0, 0.1) is 11.6 Å². The predicted octanol–water partition coefficient (Wildman–Crippen LogP) is 2.30. The lowest BCUT2D eigenvalue weighted by Gasteiger charge is -2.12. The van der Waals surface area contributed by atoms with Crippen LogP contribution in [-0.4, -0.2) is 29.0 Å². The minimum absolute atomic E-state index is 0.00668. The molecule has 0 spiro atoms. The summed E-state index contributed by atoms with van der Waals surface area (Å²) in [6.45, 7) is 0. The summed E-state index contributed by atoms with van der Waals surface area (Å²) in [7, 11) is 3.46. The summed E-state index contributed by atoms with van der Waals surface area (Å²) in [6.07, 6.45) is 0. The Morgan fingerprint density at radius 2 is 1.85 bits per heavy atom.